The zero-order valence-corrected chi connectivity index (χ0v) is 15.7. The van der Waals surface area contributed by atoms with Crippen molar-refractivity contribution < 1.29 is 4.79 Å². The molecule has 1 fully saturated rings. The molecule has 0 saturated carbocycles. The fraction of sp³-hybridized carbons (Fsp3) is 0.400. The number of hydrogen-bond donors (Lipinski definition) is 1. The Balaban J connectivity index is 1.54. The molecule has 27 heavy (non-hydrogen) atoms. The molecule has 140 valence electrons. The number of amides is 1. The van der Waals surface area contributed by atoms with Crippen molar-refractivity contribution in [1.29, 1.82) is 0 Å². The van der Waals surface area contributed by atoms with Crippen LogP contribution in [0.25, 0.3) is 22.0 Å². The molecule has 1 N–H and O–H groups in total. The van der Waals surface area contributed by atoms with Gasteiger partial charge in [-0.15, -0.1) is 0 Å². The van der Waals surface area contributed by atoms with E-state index in [0.717, 1.165) is 48.0 Å². The van der Waals surface area contributed by atoms with E-state index in [-0.39, 0.29) is 11.9 Å². The maximum Gasteiger partial charge on any atom is 0.243 e. The number of carbonyl (C=O) groups is 1. The van der Waals surface area contributed by atoms with E-state index in [9.17, 15) is 4.79 Å². The third kappa shape index (κ3) is 3.83. The van der Waals surface area contributed by atoms with Crippen molar-refractivity contribution in [2.75, 3.05) is 18.4 Å². The number of nitrogens with zero attached hydrogens (tertiary/aromatic N) is 5. The predicted octanol–water partition coefficient (Wildman–Crippen LogP) is 2.84. The Morgan fingerprint density at radius 3 is 2.70 bits per heavy atom. The number of piperidine rings is 1. The fourth-order valence-corrected chi connectivity index (χ4v) is 3.52. The molecule has 2 aromatic heterocycles. The number of likely N-dealkylation sites (tertiary alicyclic amines) is 1. The van der Waals surface area contributed by atoms with Gasteiger partial charge in [-0.2, -0.15) is 5.10 Å². The molecule has 3 heterocycles. The van der Waals surface area contributed by atoms with E-state index >= 15 is 0 Å². The first-order chi connectivity index (χ1) is 13.1. The van der Waals surface area contributed by atoms with Gasteiger partial charge in [-0.25, -0.2) is 9.97 Å². The lowest BCUT2D eigenvalue weighted by Gasteiger charge is -2.31. The molecule has 0 bridgehead atoms. The molecule has 0 spiro atoms. The molecule has 7 heteroatoms. The minimum atomic E-state index is -0.175. The van der Waals surface area contributed by atoms with Crippen LogP contribution in [0.4, 0.5) is 5.95 Å². The van der Waals surface area contributed by atoms with Crippen molar-refractivity contribution in [2.24, 2.45) is 7.05 Å². The molecule has 0 aliphatic carbocycles. The van der Waals surface area contributed by atoms with Gasteiger partial charge in [0.2, 0.25) is 11.9 Å². The van der Waals surface area contributed by atoms with E-state index < -0.39 is 0 Å². The molecule has 1 aliphatic rings. The second kappa shape index (κ2) is 7.44. The second-order valence-electron chi connectivity index (χ2n) is 7.13. The number of rotatable bonds is 4. The van der Waals surface area contributed by atoms with Crippen LogP contribution >= 0.6 is 0 Å². The normalized spacial score (nSPS) is 16.4. The van der Waals surface area contributed by atoms with Gasteiger partial charge in [0.1, 0.15) is 0 Å². The lowest BCUT2D eigenvalue weighted by molar-refractivity contribution is -0.121. The molecule has 1 unspecified atom stereocenters. The second-order valence-corrected chi connectivity index (χ2v) is 7.13. The highest BCUT2D eigenvalue weighted by Crippen LogP contribution is 2.23. The lowest BCUT2D eigenvalue weighted by atomic mass is 10.1. The largest absolute Gasteiger partial charge is 0.293 e. The van der Waals surface area contributed by atoms with E-state index in [0.29, 0.717) is 5.95 Å². The third-order valence-corrected chi connectivity index (χ3v) is 5.17. The molecule has 7 nitrogen and oxygen atoms in total. The molecule has 1 aliphatic heterocycles. The van der Waals surface area contributed by atoms with Crippen molar-refractivity contribution in [3.05, 3.63) is 36.8 Å². The van der Waals surface area contributed by atoms with Crippen LogP contribution in [0.3, 0.4) is 0 Å². The van der Waals surface area contributed by atoms with E-state index in [4.69, 9.17) is 0 Å². The van der Waals surface area contributed by atoms with E-state index in [2.05, 4.69) is 25.3 Å². The summed E-state index contributed by atoms with van der Waals surface area (Å²) in [6.07, 6.45) is 9.09. The van der Waals surface area contributed by atoms with Crippen LogP contribution in [-0.2, 0) is 11.8 Å². The Kier molecular flexibility index (Phi) is 4.85. The van der Waals surface area contributed by atoms with Gasteiger partial charge in [-0.05, 0) is 44.5 Å². The summed E-state index contributed by atoms with van der Waals surface area (Å²) < 4.78 is 1.77. The highest BCUT2D eigenvalue weighted by Gasteiger charge is 2.23. The zero-order chi connectivity index (χ0) is 18.8. The van der Waals surface area contributed by atoms with Crippen molar-refractivity contribution in [1.82, 2.24) is 24.6 Å². The monoisotopic (exact) mass is 364 g/mol. The van der Waals surface area contributed by atoms with Crippen LogP contribution in [-0.4, -0.2) is 49.7 Å². The fourth-order valence-electron chi connectivity index (χ4n) is 3.52. The summed E-state index contributed by atoms with van der Waals surface area (Å²) in [4.78, 5) is 23.7. The minimum absolute atomic E-state index is 0.0559. The van der Waals surface area contributed by atoms with Gasteiger partial charge in [-0.1, -0.05) is 18.6 Å². The summed E-state index contributed by atoms with van der Waals surface area (Å²) in [7, 11) is 1.89. The van der Waals surface area contributed by atoms with Gasteiger partial charge < -0.3 is 0 Å². The topological polar surface area (TPSA) is 75.9 Å². The Morgan fingerprint density at radius 1 is 1.15 bits per heavy atom. The molecule has 1 amide bonds. The SMILES string of the molecule is CC(C(=O)Nc1ncc2ccc(-c3cnn(C)c3)cc2n1)N1CCCCC1. The summed E-state index contributed by atoms with van der Waals surface area (Å²) >= 11 is 0. The maximum atomic E-state index is 12.6. The number of carbonyl (C=O) groups excluding carboxylic acids is 1. The first-order valence-corrected chi connectivity index (χ1v) is 9.41. The summed E-state index contributed by atoms with van der Waals surface area (Å²) in [5, 5.41) is 8.03. The van der Waals surface area contributed by atoms with Gasteiger partial charge in [0, 0.05) is 30.4 Å². The number of aromatic nitrogens is 4. The number of nitrogens with one attached hydrogen (secondary N) is 1. The number of fused-ring (bicyclic) bond motifs is 1. The van der Waals surface area contributed by atoms with Crippen LogP contribution in [0.15, 0.2) is 36.8 Å². The average molecular weight is 364 g/mol. The summed E-state index contributed by atoms with van der Waals surface area (Å²) in [6.45, 7) is 3.89. The van der Waals surface area contributed by atoms with Crippen molar-refractivity contribution in [3.63, 3.8) is 0 Å². The zero-order valence-electron chi connectivity index (χ0n) is 15.7. The van der Waals surface area contributed by atoms with Crippen molar-refractivity contribution in [3.8, 4) is 11.1 Å². The van der Waals surface area contributed by atoms with Crippen LogP contribution in [0.1, 0.15) is 26.2 Å². The van der Waals surface area contributed by atoms with Crippen LogP contribution in [0, 0.1) is 0 Å². The van der Waals surface area contributed by atoms with Crippen LogP contribution in [0.5, 0.6) is 0 Å². The Labute approximate surface area is 158 Å². The first-order valence-electron chi connectivity index (χ1n) is 9.41. The van der Waals surface area contributed by atoms with Gasteiger partial charge in [-0.3, -0.25) is 19.7 Å². The number of anilines is 1. The smallest absolute Gasteiger partial charge is 0.243 e. The quantitative estimate of drug-likeness (QED) is 0.770. The molecular weight excluding hydrogens is 340 g/mol. The Hall–Kier alpha value is -2.80. The van der Waals surface area contributed by atoms with Gasteiger partial charge in [0.25, 0.3) is 0 Å². The number of benzene rings is 1. The van der Waals surface area contributed by atoms with E-state index in [1.165, 1.54) is 6.42 Å². The van der Waals surface area contributed by atoms with Gasteiger partial charge in [0.05, 0.1) is 17.8 Å². The molecule has 1 saturated heterocycles. The van der Waals surface area contributed by atoms with Gasteiger partial charge >= 0.3 is 0 Å². The van der Waals surface area contributed by atoms with E-state index in [1.807, 2.05) is 44.6 Å². The first kappa shape index (κ1) is 17.6. The van der Waals surface area contributed by atoms with Crippen molar-refractivity contribution in [2.45, 2.75) is 32.2 Å². The van der Waals surface area contributed by atoms with Crippen LogP contribution < -0.4 is 5.32 Å². The standard InChI is InChI=1S/C20H24N6O/c1-14(26-8-4-3-5-9-26)19(27)24-20-21-11-16-7-6-15(10-18(16)23-20)17-12-22-25(2)13-17/h6-7,10-14H,3-5,8-9H2,1-2H3,(H,21,23,24,27). The molecule has 4 rings (SSSR count). The highest BCUT2D eigenvalue weighted by molar-refractivity contribution is 5.94. The molecule has 3 aromatic rings. The summed E-state index contributed by atoms with van der Waals surface area (Å²) in [5.74, 6) is 0.291. The number of hydrogen-bond acceptors (Lipinski definition) is 5. The van der Waals surface area contributed by atoms with Crippen LogP contribution in [0.2, 0.25) is 0 Å². The van der Waals surface area contributed by atoms with Crippen molar-refractivity contribution >= 4 is 22.8 Å². The maximum absolute atomic E-state index is 12.6. The number of aryl methyl sites for hydroxylation is 1. The Bertz CT molecular complexity index is 960. The molecule has 1 atom stereocenters. The van der Waals surface area contributed by atoms with E-state index in [1.54, 1.807) is 10.9 Å². The molecule has 1 aromatic carbocycles. The highest BCUT2D eigenvalue weighted by atomic mass is 16.2. The third-order valence-electron chi connectivity index (χ3n) is 5.17. The van der Waals surface area contributed by atoms with Gasteiger partial charge in [0.15, 0.2) is 0 Å². The predicted molar refractivity (Wildman–Crippen MR) is 105 cm³/mol. The Morgan fingerprint density at radius 2 is 1.96 bits per heavy atom. The minimum Gasteiger partial charge on any atom is -0.293 e. The summed E-state index contributed by atoms with van der Waals surface area (Å²) in [6, 6.07) is 5.84. The summed E-state index contributed by atoms with van der Waals surface area (Å²) in [5.41, 5.74) is 2.86. The molecular formula is C20H24N6O. The molecule has 0 radical (unpaired) electrons. The lowest BCUT2D eigenvalue weighted by Crippen LogP contribution is -2.44. The average Bonchev–Trinajstić information content (AvgIpc) is 3.14.